The zero-order valence-corrected chi connectivity index (χ0v) is 13.2. The van der Waals surface area contributed by atoms with Gasteiger partial charge in [0.15, 0.2) is 0 Å². The molecule has 0 aliphatic heterocycles. The molecule has 5 heteroatoms. The summed E-state index contributed by atoms with van der Waals surface area (Å²) in [7, 11) is 0. The minimum absolute atomic E-state index is 0.126. The highest BCUT2D eigenvalue weighted by Crippen LogP contribution is 2.11. The van der Waals surface area contributed by atoms with Crippen LogP contribution < -0.4 is 5.32 Å². The van der Waals surface area contributed by atoms with Crippen molar-refractivity contribution < 1.29 is 4.79 Å². The van der Waals surface area contributed by atoms with E-state index in [2.05, 4.69) is 15.3 Å². The van der Waals surface area contributed by atoms with Crippen molar-refractivity contribution in [2.75, 3.05) is 6.54 Å². The van der Waals surface area contributed by atoms with E-state index in [-0.39, 0.29) is 5.91 Å². The van der Waals surface area contributed by atoms with Gasteiger partial charge in [-0.2, -0.15) is 0 Å². The van der Waals surface area contributed by atoms with Crippen LogP contribution in [0.4, 0.5) is 0 Å². The summed E-state index contributed by atoms with van der Waals surface area (Å²) in [6, 6.07) is 7.61. The minimum atomic E-state index is -0.126. The third kappa shape index (κ3) is 4.02. The molecule has 4 nitrogen and oxygen atoms in total. The molecule has 1 aromatic carbocycles. The van der Waals surface area contributed by atoms with Crippen molar-refractivity contribution in [2.45, 2.75) is 27.2 Å². The lowest BCUT2D eigenvalue weighted by atomic mass is 10.1. The number of carbonyl (C=O) groups is 1. The molecule has 0 aliphatic carbocycles. The number of hydrogen-bond acceptors (Lipinski definition) is 3. The standard InChI is InChI=1S/C16H18ClN3O/c1-10-15(11(2)20-12(3)19-10)16(21)18-9-8-13-4-6-14(17)7-5-13/h4-7H,8-9H2,1-3H3,(H,18,21). The largest absolute Gasteiger partial charge is 0.352 e. The van der Waals surface area contributed by atoms with Gasteiger partial charge in [0.25, 0.3) is 5.91 Å². The Bertz CT molecular complexity index is 630. The molecule has 1 N–H and O–H groups in total. The van der Waals surface area contributed by atoms with Gasteiger partial charge in [-0.1, -0.05) is 23.7 Å². The lowest BCUT2D eigenvalue weighted by Crippen LogP contribution is -2.28. The summed E-state index contributed by atoms with van der Waals surface area (Å²) in [5.74, 6) is 0.557. The molecule has 1 amide bonds. The van der Waals surface area contributed by atoms with Gasteiger partial charge in [-0.3, -0.25) is 4.79 Å². The van der Waals surface area contributed by atoms with E-state index in [1.165, 1.54) is 0 Å². The van der Waals surface area contributed by atoms with E-state index in [4.69, 9.17) is 11.6 Å². The lowest BCUT2D eigenvalue weighted by Gasteiger charge is -2.10. The number of halogens is 1. The number of aromatic nitrogens is 2. The normalized spacial score (nSPS) is 10.5. The number of benzene rings is 1. The number of carbonyl (C=O) groups excluding carboxylic acids is 1. The predicted molar refractivity (Wildman–Crippen MR) is 83.7 cm³/mol. The summed E-state index contributed by atoms with van der Waals surface area (Å²) in [5.41, 5.74) is 3.12. The van der Waals surface area contributed by atoms with Crippen LogP contribution in [0.2, 0.25) is 5.02 Å². The zero-order valence-electron chi connectivity index (χ0n) is 12.4. The molecular weight excluding hydrogens is 286 g/mol. The first kappa shape index (κ1) is 15.4. The van der Waals surface area contributed by atoms with E-state index >= 15 is 0 Å². The summed E-state index contributed by atoms with van der Waals surface area (Å²) in [6.07, 6.45) is 0.758. The molecule has 0 saturated heterocycles. The second-order valence-electron chi connectivity index (χ2n) is 4.95. The topological polar surface area (TPSA) is 54.9 Å². The van der Waals surface area contributed by atoms with E-state index in [1.807, 2.05) is 45.0 Å². The maximum Gasteiger partial charge on any atom is 0.254 e. The third-order valence-electron chi connectivity index (χ3n) is 3.22. The summed E-state index contributed by atoms with van der Waals surface area (Å²) >= 11 is 5.84. The van der Waals surface area contributed by atoms with Gasteiger partial charge in [-0.15, -0.1) is 0 Å². The molecule has 0 aliphatic rings. The summed E-state index contributed by atoms with van der Waals surface area (Å²) < 4.78 is 0. The fraction of sp³-hybridized carbons (Fsp3) is 0.312. The van der Waals surface area contributed by atoms with Crippen molar-refractivity contribution in [2.24, 2.45) is 0 Å². The molecule has 110 valence electrons. The van der Waals surface area contributed by atoms with Crippen LogP contribution in [0.5, 0.6) is 0 Å². The average molecular weight is 304 g/mol. The van der Waals surface area contributed by atoms with E-state index < -0.39 is 0 Å². The maximum absolute atomic E-state index is 12.2. The highest BCUT2D eigenvalue weighted by Gasteiger charge is 2.14. The van der Waals surface area contributed by atoms with Gasteiger partial charge in [-0.05, 0) is 44.9 Å². The van der Waals surface area contributed by atoms with Crippen molar-refractivity contribution >= 4 is 17.5 Å². The Kier molecular flexibility index (Phi) is 4.91. The second-order valence-corrected chi connectivity index (χ2v) is 5.39. The monoisotopic (exact) mass is 303 g/mol. The Hall–Kier alpha value is -1.94. The molecule has 21 heavy (non-hydrogen) atoms. The maximum atomic E-state index is 12.2. The van der Waals surface area contributed by atoms with E-state index in [9.17, 15) is 4.79 Å². The first-order valence-electron chi connectivity index (χ1n) is 6.82. The number of aryl methyl sites for hydroxylation is 3. The number of nitrogens with one attached hydrogen (secondary N) is 1. The van der Waals surface area contributed by atoms with Gasteiger partial charge in [-0.25, -0.2) is 9.97 Å². The Morgan fingerprint density at radius 2 is 1.67 bits per heavy atom. The highest BCUT2D eigenvalue weighted by atomic mass is 35.5. The molecule has 0 unspecified atom stereocenters. The molecule has 0 atom stereocenters. The molecule has 2 rings (SSSR count). The van der Waals surface area contributed by atoms with Crippen molar-refractivity contribution in [3.8, 4) is 0 Å². The smallest absolute Gasteiger partial charge is 0.254 e. The number of hydrogen-bond donors (Lipinski definition) is 1. The van der Waals surface area contributed by atoms with E-state index in [0.717, 1.165) is 12.0 Å². The third-order valence-corrected chi connectivity index (χ3v) is 3.47. The van der Waals surface area contributed by atoms with Crippen LogP contribution in [0, 0.1) is 20.8 Å². The number of amides is 1. The molecule has 0 saturated carbocycles. The molecule has 2 aromatic rings. The number of nitrogens with zero attached hydrogens (tertiary/aromatic N) is 2. The Balaban J connectivity index is 1.98. The van der Waals surface area contributed by atoms with Gasteiger partial charge >= 0.3 is 0 Å². The minimum Gasteiger partial charge on any atom is -0.352 e. The summed E-state index contributed by atoms with van der Waals surface area (Å²) in [5, 5.41) is 3.62. The van der Waals surface area contributed by atoms with Crippen LogP contribution in [0.25, 0.3) is 0 Å². The average Bonchev–Trinajstić information content (AvgIpc) is 2.40. The molecule has 1 aromatic heterocycles. The fourth-order valence-corrected chi connectivity index (χ4v) is 2.40. The Morgan fingerprint density at radius 3 is 2.24 bits per heavy atom. The molecule has 0 radical (unpaired) electrons. The first-order valence-corrected chi connectivity index (χ1v) is 7.19. The second kappa shape index (κ2) is 6.68. The summed E-state index contributed by atoms with van der Waals surface area (Å²) in [4.78, 5) is 20.7. The highest BCUT2D eigenvalue weighted by molar-refractivity contribution is 6.30. The van der Waals surface area contributed by atoms with Gasteiger partial charge in [0.2, 0.25) is 0 Å². The molecular formula is C16H18ClN3O. The molecule has 1 heterocycles. The Labute approximate surface area is 129 Å². The van der Waals surface area contributed by atoms with Crippen molar-refractivity contribution in [3.63, 3.8) is 0 Å². The van der Waals surface area contributed by atoms with Crippen LogP contribution >= 0.6 is 11.6 Å². The zero-order chi connectivity index (χ0) is 15.4. The van der Waals surface area contributed by atoms with E-state index in [1.54, 1.807) is 0 Å². The van der Waals surface area contributed by atoms with Crippen LogP contribution in [0.3, 0.4) is 0 Å². The van der Waals surface area contributed by atoms with Crippen molar-refractivity contribution in [1.29, 1.82) is 0 Å². The molecule has 0 fully saturated rings. The van der Waals surface area contributed by atoms with Crippen molar-refractivity contribution in [1.82, 2.24) is 15.3 Å². The molecule has 0 spiro atoms. The van der Waals surface area contributed by atoms with E-state index in [0.29, 0.717) is 34.3 Å². The quantitative estimate of drug-likeness (QED) is 0.944. The first-order chi connectivity index (χ1) is 9.97. The van der Waals surface area contributed by atoms with Gasteiger partial charge in [0.05, 0.1) is 17.0 Å². The van der Waals surface area contributed by atoms with Gasteiger partial charge in [0, 0.05) is 11.6 Å². The lowest BCUT2D eigenvalue weighted by molar-refractivity contribution is 0.0952. The van der Waals surface area contributed by atoms with Gasteiger partial charge < -0.3 is 5.32 Å². The Morgan fingerprint density at radius 1 is 1.10 bits per heavy atom. The fourth-order valence-electron chi connectivity index (χ4n) is 2.27. The van der Waals surface area contributed by atoms with Crippen LogP contribution in [-0.4, -0.2) is 22.4 Å². The van der Waals surface area contributed by atoms with Crippen LogP contribution in [0.1, 0.15) is 33.1 Å². The number of rotatable bonds is 4. The van der Waals surface area contributed by atoms with Crippen molar-refractivity contribution in [3.05, 3.63) is 57.6 Å². The van der Waals surface area contributed by atoms with Crippen LogP contribution in [0.15, 0.2) is 24.3 Å². The summed E-state index contributed by atoms with van der Waals surface area (Å²) in [6.45, 7) is 6.04. The SMILES string of the molecule is Cc1nc(C)c(C(=O)NCCc2ccc(Cl)cc2)c(C)n1. The molecule has 0 bridgehead atoms. The van der Waals surface area contributed by atoms with Gasteiger partial charge in [0.1, 0.15) is 5.82 Å². The predicted octanol–water partition coefficient (Wildman–Crippen LogP) is 3.03. The van der Waals surface area contributed by atoms with Crippen LogP contribution in [-0.2, 0) is 6.42 Å².